The topological polar surface area (TPSA) is 156 Å². The molecule has 2 saturated heterocycles. The fourth-order valence-electron chi connectivity index (χ4n) is 3.52. The fourth-order valence-corrected chi connectivity index (χ4v) is 5.25. The molecular weight excluding hydrogens is 408 g/mol. The molecule has 0 aromatic heterocycles. The van der Waals surface area contributed by atoms with Gasteiger partial charge in [-0.15, -0.1) is 0 Å². The largest absolute Gasteiger partial charge is 0.480 e. The first-order chi connectivity index (χ1) is 12.8. The second-order valence-corrected chi connectivity index (χ2v) is 9.09. The van der Waals surface area contributed by atoms with E-state index in [1.807, 2.05) is 0 Å². The molecular formula is C13H24BF3N4O6S. The van der Waals surface area contributed by atoms with Crippen molar-refractivity contribution in [1.29, 1.82) is 0 Å². The van der Waals surface area contributed by atoms with Crippen molar-refractivity contribution in [3.8, 4) is 0 Å². The molecule has 2 aliphatic rings. The van der Waals surface area contributed by atoms with Gasteiger partial charge in [-0.2, -0.15) is 30.2 Å². The lowest BCUT2D eigenvalue weighted by Gasteiger charge is -2.35. The zero-order valence-electron chi connectivity index (χ0n) is 15.0. The quantitative estimate of drug-likeness (QED) is 0.290. The number of nitrogens with one attached hydrogen (secondary N) is 1. The number of halogens is 3. The zero-order valence-corrected chi connectivity index (χ0v) is 15.8. The Balaban J connectivity index is 2.16. The van der Waals surface area contributed by atoms with Crippen molar-refractivity contribution < 1.29 is 41.5 Å². The summed E-state index contributed by atoms with van der Waals surface area (Å²) in [6.45, 7) is -2.03. The van der Waals surface area contributed by atoms with E-state index in [2.05, 4.69) is 5.32 Å². The molecule has 0 saturated carbocycles. The van der Waals surface area contributed by atoms with Crippen molar-refractivity contribution in [2.75, 3.05) is 32.7 Å². The van der Waals surface area contributed by atoms with Crippen molar-refractivity contribution in [3.05, 3.63) is 0 Å². The number of carboxylic acids is 1. The minimum absolute atomic E-state index is 0.0377. The van der Waals surface area contributed by atoms with Gasteiger partial charge in [-0.1, -0.05) is 6.42 Å². The molecule has 28 heavy (non-hydrogen) atoms. The number of nitrogens with zero attached hydrogens (tertiary/aromatic N) is 2. The van der Waals surface area contributed by atoms with Gasteiger partial charge in [0.2, 0.25) is 0 Å². The van der Waals surface area contributed by atoms with E-state index in [1.165, 1.54) is 0 Å². The third kappa shape index (κ3) is 4.95. The van der Waals surface area contributed by atoms with Gasteiger partial charge in [0.1, 0.15) is 11.6 Å². The van der Waals surface area contributed by atoms with Crippen molar-refractivity contribution in [2.24, 2.45) is 11.7 Å². The smallest absolute Gasteiger partial charge is 0.451 e. The number of hydrogen-bond donors (Lipinski definition) is 5. The predicted octanol–water partition coefficient (Wildman–Crippen LogP) is -1.97. The van der Waals surface area contributed by atoms with Gasteiger partial charge in [0, 0.05) is 38.6 Å². The zero-order chi connectivity index (χ0) is 21.3. The summed E-state index contributed by atoms with van der Waals surface area (Å²) in [6.07, 6.45) is -4.33. The second-order valence-electron chi connectivity index (χ2n) is 7.16. The van der Waals surface area contributed by atoms with Crippen LogP contribution in [0.15, 0.2) is 0 Å². The summed E-state index contributed by atoms with van der Waals surface area (Å²) in [6, 6.07) is -2.01. The van der Waals surface area contributed by atoms with E-state index < -0.39 is 60.1 Å². The summed E-state index contributed by atoms with van der Waals surface area (Å²) in [7, 11) is -5.93. The molecule has 15 heteroatoms. The van der Waals surface area contributed by atoms with Crippen LogP contribution in [0.4, 0.5) is 13.2 Å². The summed E-state index contributed by atoms with van der Waals surface area (Å²) in [5.74, 6) is -2.24. The Kier molecular flexibility index (Phi) is 7.01. The van der Waals surface area contributed by atoms with Crippen molar-refractivity contribution >= 4 is 23.3 Å². The highest BCUT2D eigenvalue weighted by Crippen LogP contribution is 2.33. The molecule has 10 nitrogen and oxygen atoms in total. The van der Waals surface area contributed by atoms with Crippen LogP contribution in [0.2, 0.25) is 6.32 Å². The van der Waals surface area contributed by atoms with E-state index >= 15 is 0 Å². The number of carboxylic acid groups (broad SMARTS) is 1. The minimum Gasteiger partial charge on any atom is -0.480 e. The standard InChI is InChI=1S/C13H24BF3N4O6S/c15-13(16,17)10-7-20(5-4-19-10)28(26,27)21-6-9(2-1-3-14(24)25)12(18,8-21)11(22)23/h9-10,19,24-25H,1-8,18H2,(H,22,23)/t9-,10?,12-/m0/s1. The summed E-state index contributed by atoms with van der Waals surface area (Å²) in [4.78, 5) is 11.6. The maximum Gasteiger partial charge on any atom is 0.451 e. The highest BCUT2D eigenvalue weighted by Gasteiger charge is 2.54. The number of piperazine rings is 1. The van der Waals surface area contributed by atoms with Gasteiger partial charge in [-0.05, 0) is 12.7 Å². The van der Waals surface area contributed by atoms with Crippen LogP contribution in [0.1, 0.15) is 12.8 Å². The summed E-state index contributed by atoms with van der Waals surface area (Å²) < 4.78 is 66.0. The fraction of sp³-hybridized carbons (Fsp3) is 0.923. The Morgan fingerprint density at radius 2 is 1.93 bits per heavy atom. The van der Waals surface area contributed by atoms with Gasteiger partial charge in [-0.3, -0.25) is 4.79 Å². The summed E-state index contributed by atoms with van der Waals surface area (Å²) in [5.41, 5.74) is 4.02. The van der Waals surface area contributed by atoms with Crippen LogP contribution in [-0.2, 0) is 15.0 Å². The molecule has 0 spiro atoms. The van der Waals surface area contributed by atoms with Crippen LogP contribution >= 0.6 is 0 Å². The van der Waals surface area contributed by atoms with E-state index in [1.54, 1.807) is 0 Å². The molecule has 1 unspecified atom stereocenters. The lowest BCUT2D eigenvalue weighted by Crippen LogP contribution is -2.60. The van der Waals surface area contributed by atoms with Gasteiger partial charge in [-0.25, -0.2) is 0 Å². The number of rotatable bonds is 7. The van der Waals surface area contributed by atoms with Gasteiger partial charge >= 0.3 is 19.3 Å². The number of alkyl halides is 3. The molecule has 2 rings (SSSR count). The lowest BCUT2D eigenvalue weighted by atomic mass is 9.78. The number of carbonyl (C=O) groups is 1. The Bertz CT molecular complexity index is 682. The van der Waals surface area contributed by atoms with Crippen LogP contribution < -0.4 is 11.1 Å². The first-order valence-electron chi connectivity index (χ1n) is 8.72. The molecule has 0 aromatic carbocycles. The SMILES string of the molecule is N[C@@]1(C(=O)O)CN(S(=O)(=O)N2CCNC(C(F)(F)F)C2)C[C@@H]1CCCB(O)O. The van der Waals surface area contributed by atoms with Gasteiger partial charge in [0.15, 0.2) is 0 Å². The van der Waals surface area contributed by atoms with Crippen molar-refractivity contribution in [3.63, 3.8) is 0 Å². The molecule has 2 heterocycles. The molecule has 2 aliphatic heterocycles. The van der Waals surface area contributed by atoms with E-state index in [4.69, 9.17) is 15.8 Å². The Hall–Kier alpha value is -0.965. The third-order valence-electron chi connectivity index (χ3n) is 5.19. The van der Waals surface area contributed by atoms with Gasteiger partial charge < -0.3 is 26.2 Å². The number of aliphatic carboxylic acids is 1. The first-order valence-corrected chi connectivity index (χ1v) is 10.1. The van der Waals surface area contributed by atoms with E-state index in [0.29, 0.717) is 4.31 Å². The molecule has 6 N–H and O–H groups in total. The van der Waals surface area contributed by atoms with Gasteiger partial charge in [0.05, 0.1) is 0 Å². The molecule has 162 valence electrons. The average molecular weight is 432 g/mol. The monoisotopic (exact) mass is 432 g/mol. The summed E-state index contributed by atoms with van der Waals surface area (Å²) >= 11 is 0. The number of hydrogen-bond acceptors (Lipinski definition) is 7. The van der Waals surface area contributed by atoms with E-state index in [9.17, 15) is 31.5 Å². The third-order valence-corrected chi connectivity index (χ3v) is 7.10. The molecule has 3 atom stereocenters. The average Bonchev–Trinajstić information content (AvgIpc) is 2.93. The molecule has 0 bridgehead atoms. The van der Waals surface area contributed by atoms with Crippen LogP contribution in [0.5, 0.6) is 0 Å². The first kappa shape index (κ1) is 23.3. The molecule has 0 aliphatic carbocycles. The van der Waals surface area contributed by atoms with Crippen LogP contribution in [0, 0.1) is 5.92 Å². The molecule has 2 fully saturated rings. The normalized spacial score (nSPS) is 30.5. The maximum absolute atomic E-state index is 12.9. The highest BCUT2D eigenvalue weighted by atomic mass is 32.2. The van der Waals surface area contributed by atoms with Crippen LogP contribution in [-0.4, -0.2) is 95.8 Å². The number of nitrogens with two attached hydrogens (primary N) is 1. The summed E-state index contributed by atoms with van der Waals surface area (Å²) in [5, 5.41) is 29.5. The Labute approximate surface area is 160 Å². The lowest BCUT2D eigenvalue weighted by molar-refractivity contribution is -0.161. The highest BCUT2D eigenvalue weighted by molar-refractivity contribution is 7.86. The molecule has 0 amide bonds. The van der Waals surface area contributed by atoms with E-state index in [0.717, 1.165) is 4.31 Å². The van der Waals surface area contributed by atoms with E-state index in [-0.39, 0.29) is 38.8 Å². The Morgan fingerprint density at radius 3 is 2.46 bits per heavy atom. The molecule has 0 radical (unpaired) electrons. The van der Waals surface area contributed by atoms with Gasteiger partial charge in [0.25, 0.3) is 10.2 Å². The van der Waals surface area contributed by atoms with Crippen LogP contribution in [0.25, 0.3) is 0 Å². The Morgan fingerprint density at radius 1 is 1.29 bits per heavy atom. The van der Waals surface area contributed by atoms with Crippen molar-refractivity contribution in [2.45, 2.75) is 36.9 Å². The molecule has 0 aromatic rings. The van der Waals surface area contributed by atoms with Crippen LogP contribution in [0.3, 0.4) is 0 Å². The maximum atomic E-state index is 12.9. The predicted molar refractivity (Wildman–Crippen MR) is 92.2 cm³/mol. The van der Waals surface area contributed by atoms with Crippen molar-refractivity contribution in [1.82, 2.24) is 13.9 Å². The minimum atomic E-state index is -4.62. The second kappa shape index (κ2) is 8.42.